The molecule has 7 nitrogen and oxygen atoms in total. The van der Waals surface area contributed by atoms with Crippen LogP contribution in [0, 0.1) is 0 Å². The summed E-state index contributed by atoms with van der Waals surface area (Å²) in [5, 5.41) is 0. The normalized spacial score (nSPS) is 18.2. The molecule has 2 aliphatic rings. The van der Waals surface area contributed by atoms with E-state index in [0.29, 0.717) is 35.7 Å². The van der Waals surface area contributed by atoms with E-state index in [0.717, 1.165) is 49.8 Å². The third kappa shape index (κ3) is 4.95. The number of anilines is 1. The quantitative estimate of drug-likeness (QED) is 0.615. The van der Waals surface area contributed by atoms with Crippen LogP contribution in [-0.2, 0) is 22.9 Å². The van der Waals surface area contributed by atoms with Crippen LogP contribution >= 0.6 is 0 Å². The summed E-state index contributed by atoms with van der Waals surface area (Å²) in [7, 11) is -0.0408. The van der Waals surface area contributed by atoms with Gasteiger partial charge >= 0.3 is 0 Å². The van der Waals surface area contributed by atoms with Gasteiger partial charge in [-0.25, -0.2) is 8.42 Å². The lowest BCUT2D eigenvalue weighted by atomic mass is 9.94. The smallest absolute Gasteiger partial charge is 0.254 e. The second kappa shape index (κ2) is 9.63. The topological polar surface area (TPSA) is 76.2 Å². The molecule has 4 rings (SSSR count). The van der Waals surface area contributed by atoms with Gasteiger partial charge in [-0.2, -0.15) is 0 Å². The lowest BCUT2D eigenvalue weighted by Crippen LogP contribution is -2.44. The lowest BCUT2D eigenvalue weighted by Gasteiger charge is -2.36. The first-order valence-corrected chi connectivity index (χ1v) is 13.3. The van der Waals surface area contributed by atoms with Crippen molar-refractivity contribution in [1.29, 1.82) is 0 Å². The third-order valence-corrected chi connectivity index (χ3v) is 7.86. The highest BCUT2D eigenvalue weighted by molar-refractivity contribution is 7.92. The Labute approximate surface area is 196 Å². The second-order valence-electron chi connectivity index (χ2n) is 8.80. The van der Waals surface area contributed by atoms with Gasteiger partial charge in [0, 0.05) is 24.7 Å². The number of nitrogens with zero attached hydrogens (tertiary/aromatic N) is 2. The summed E-state index contributed by atoms with van der Waals surface area (Å²) in [5.74, 6) is 1.46. The Kier molecular flexibility index (Phi) is 6.83. The standard InChI is InChI=1S/C25H32N2O5S/c1-31-23-12-8-18(16-24(23)32-2)7-10-21-6-4-5-14-26(21)25(28)20-9-11-22-19(17-20)13-15-27(22)33(3,29)30/h8-9,11-12,16-17,21H,4-7,10,13-15H2,1-3H3. The molecule has 0 bridgehead atoms. The molecule has 0 spiro atoms. The maximum atomic E-state index is 13.4. The zero-order valence-electron chi connectivity index (χ0n) is 19.5. The summed E-state index contributed by atoms with van der Waals surface area (Å²) >= 11 is 0. The lowest BCUT2D eigenvalue weighted by molar-refractivity contribution is 0.0602. The van der Waals surface area contributed by atoms with E-state index in [-0.39, 0.29) is 11.9 Å². The number of rotatable bonds is 7. The summed E-state index contributed by atoms with van der Waals surface area (Å²) in [5.41, 5.74) is 3.41. The minimum absolute atomic E-state index is 0.0348. The van der Waals surface area contributed by atoms with Crippen LogP contribution in [-0.4, -0.2) is 58.8 Å². The molecular formula is C25H32N2O5S. The summed E-state index contributed by atoms with van der Waals surface area (Å²) in [4.78, 5) is 15.5. The Morgan fingerprint density at radius 1 is 1.03 bits per heavy atom. The molecule has 2 aromatic rings. The number of hydrogen-bond acceptors (Lipinski definition) is 5. The first-order chi connectivity index (χ1) is 15.8. The van der Waals surface area contributed by atoms with Crippen LogP contribution in [0.15, 0.2) is 36.4 Å². The molecule has 0 radical (unpaired) electrons. The average Bonchev–Trinajstić information content (AvgIpc) is 3.26. The molecular weight excluding hydrogens is 440 g/mol. The van der Waals surface area contributed by atoms with Gasteiger partial charge in [0.25, 0.3) is 5.91 Å². The number of sulfonamides is 1. The van der Waals surface area contributed by atoms with E-state index in [9.17, 15) is 13.2 Å². The van der Waals surface area contributed by atoms with E-state index in [1.807, 2.05) is 29.2 Å². The molecule has 0 saturated carbocycles. The van der Waals surface area contributed by atoms with Crippen LogP contribution in [0.5, 0.6) is 11.5 Å². The number of carbonyl (C=O) groups is 1. The number of piperidine rings is 1. The second-order valence-corrected chi connectivity index (χ2v) is 10.7. The minimum atomic E-state index is -3.30. The van der Waals surface area contributed by atoms with Crippen molar-refractivity contribution in [2.45, 2.75) is 44.6 Å². The SMILES string of the molecule is COc1ccc(CCC2CCCCN2C(=O)c2ccc3c(c2)CCN3S(C)(=O)=O)cc1OC. The van der Waals surface area contributed by atoms with Crippen molar-refractivity contribution in [3.05, 3.63) is 53.1 Å². The fourth-order valence-electron chi connectivity index (χ4n) is 4.95. The maximum Gasteiger partial charge on any atom is 0.254 e. The van der Waals surface area contributed by atoms with Gasteiger partial charge in [0.1, 0.15) is 0 Å². The summed E-state index contributed by atoms with van der Waals surface area (Å²) < 4.78 is 36.2. The third-order valence-electron chi connectivity index (χ3n) is 6.68. The molecule has 0 aromatic heterocycles. The largest absolute Gasteiger partial charge is 0.493 e. The fraction of sp³-hybridized carbons (Fsp3) is 0.480. The predicted molar refractivity (Wildman–Crippen MR) is 129 cm³/mol. The van der Waals surface area contributed by atoms with E-state index in [2.05, 4.69) is 0 Å². The molecule has 33 heavy (non-hydrogen) atoms. The van der Waals surface area contributed by atoms with Crippen molar-refractivity contribution in [3.8, 4) is 11.5 Å². The van der Waals surface area contributed by atoms with Gasteiger partial charge in [-0.3, -0.25) is 9.10 Å². The van der Waals surface area contributed by atoms with E-state index >= 15 is 0 Å². The molecule has 2 aliphatic heterocycles. The molecule has 1 amide bonds. The fourth-order valence-corrected chi connectivity index (χ4v) is 5.91. The van der Waals surface area contributed by atoms with Gasteiger partial charge < -0.3 is 14.4 Å². The molecule has 0 aliphatic carbocycles. The zero-order valence-corrected chi connectivity index (χ0v) is 20.4. The summed E-state index contributed by atoms with van der Waals surface area (Å²) in [6.07, 6.45) is 6.70. The first-order valence-electron chi connectivity index (χ1n) is 11.4. The average molecular weight is 473 g/mol. The van der Waals surface area contributed by atoms with E-state index in [1.54, 1.807) is 26.4 Å². The predicted octanol–water partition coefficient (Wildman–Crippen LogP) is 3.65. The van der Waals surface area contributed by atoms with Crippen LogP contribution in [0.2, 0.25) is 0 Å². The Bertz CT molecular complexity index is 1130. The van der Waals surface area contributed by atoms with Crippen molar-refractivity contribution < 1.29 is 22.7 Å². The monoisotopic (exact) mass is 472 g/mol. The van der Waals surface area contributed by atoms with Gasteiger partial charge in [-0.05, 0) is 80.0 Å². The number of hydrogen-bond donors (Lipinski definition) is 0. The van der Waals surface area contributed by atoms with Gasteiger partial charge in [0.15, 0.2) is 11.5 Å². The molecule has 1 fully saturated rings. The van der Waals surface area contributed by atoms with Crippen molar-refractivity contribution >= 4 is 21.6 Å². The van der Waals surface area contributed by atoms with Gasteiger partial charge in [0.05, 0.1) is 26.2 Å². The van der Waals surface area contributed by atoms with Crippen LogP contribution in [0.25, 0.3) is 0 Å². The van der Waals surface area contributed by atoms with Crippen LogP contribution in [0.3, 0.4) is 0 Å². The Balaban J connectivity index is 1.48. The number of likely N-dealkylation sites (tertiary alicyclic amines) is 1. The minimum Gasteiger partial charge on any atom is -0.493 e. The number of methoxy groups -OCH3 is 2. The Morgan fingerprint density at radius 2 is 1.82 bits per heavy atom. The Morgan fingerprint density at radius 3 is 2.55 bits per heavy atom. The van der Waals surface area contributed by atoms with Gasteiger partial charge in [0.2, 0.25) is 10.0 Å². The van der Waals surface area contributed by atoms with Gasteiger partial charge in [-0.15, -0.1) is 0 Å². The molecule has 2 aromatic carbocycles. The van der Waals surface area contributed by atoms with Gasteiger partial charge in [-0.1, -0.05) is 6.07 Å². The maximum absolute atomic E-state index is 13.4. The number of carbonyl (C=O) groups excluding carboxylic acids is 1. The van der Waals surface area contributed by atoms with E-state index in [1.165, 1.54) is 10.6 Å². The van der Waals surface area contributed by atoms with E-state index < -0.39 is 10.0 Å². The number of benzene rings is 2. The molecule has 1 unspecified atom stereocenters. The van der Waals surface area contributed by atoms with Crippen molar-refractivity contribution in [3.63, 3.8) is 0 Å². The van der Waals surface area contributed by atoms with Crippen LogP contribution < -0.4 is 13.8 Å². The molecule has 8 heteroatoms. The molecule has 2 heterocycles. The first kappa shape index (κ1) is 23.4. The van der Waals surface area contributed by atoms with Crippen molar-refractivity contribution in [2.75, 3.05) is 37.9 Å². The molecule has 0 N–H and O–H groups in total. The van der Waals surface area contributed by atoms with Crippen molar-refractivity contribution in [2.24, 2.45) is 0 Å². The van der Waals surface area contributed by atoms with Crippen molar-refractivity contribution in [1.82, 2.24) is 4.90 Å². The zero-order chi connectivity index (χ0) is 23.6. The molecule has 1 saturated heterocycles. The Hall–Kier alpha value is -2.74. The number of amides is 1. The summed E-state index contributed by atoms with van der Waals surface area (Å²) in [6.45, 7) is 1.19. The number of ether oxygens (including phenoxy) is 2. The molecule has 178 valence electrons. The van der Waals surface area contributed by atoms with E-state index in [4.69, 9.17) is 9.47 Å². The highest BCUT2D eigenvalue weighted by Gasteiger charge is 2.30. The van der Waals surface area contributed by atoms with Crippen LogP contribution in [0.1, 0.15) is 47.2 Å². The molecule has 1 atom stereocenters. The number of aryl methyl sites for hydroxylation is 1. The highest BCUT2D eigenvalue weighted by atomic mass is 32.2. The van der Waals surface area contributed by atoms with Crippen LogP contribution in [0.4, 0.5) is 5.69 Å². The number of fused-ring (bicyclic) bond motifs is 1. The summed E-state index contributed by atoms with van der Waals surface area (Å²) in [6, 6.07) is 11.6. The highest BCUT2D eigenvalue weighted by Crippen LogP contribution is 2.33.